The Morgan fingerprint density at radius 3 is 2.72 bits per heavy atom. The van der Waals surface area contributed by atoms with Crippen LogP contribution in [-0.4, -0.2) is 30.9 Å². The average Bonchev–Trinajstić information content (AvgIpc) is 3.16. The lowest BCUT2D eigenvalue weighted by molar-refractivity contribution is -0.142. The van der Waals surface area contributed by atoms with Crippen molar-refractivity contribution in [2.75, 3.05) is 19.1 Å². The van der Waals surface area contributed by atoms with Gasteiger partial charge in [-0.15, -0.1) is 11.3 Å². The van der Waals surface area contributed by atoms with Crippen LogP contribution in [0.4, 0.5) is 5.13 Å². The molecule has 1 heterocycles. The molecule has 7 nitrogen and oxygen atoms in total. The molecule has 0 spiro atoms. The molecule has 0 fully saturated rings. The quantitative estimate of drug-likeness (QED) is 0.317. The van der Waals surface area contributed by atoms with Crippen LogP contribution in [0.15, 0.2) is 59.0 Å². The highest BCUT2D eigenvalue weighted by molar-refractivity contribution is 7.13. The first kappa shape index (κ1) is 20.3. The number of hydrazone groups is 1. The number of hydrogen-bond donors (Lipinski definition) is 1. The molecule has 1 aromatic heterocycles. The molecule has 8 heteroatoms. The summed E-state index contributed by atoms with van der Waals surface area (Å²) in [6.07, 6.45) is 1.83. The molecule has 3 aromatic rings. The minimum Gasteiger partial charge on any atom is -0.497 e. The molecular formula is C21H21N3O4S. The van der Waals surface area contributed by atoms with Crippen molar-refractivity contribution in [2.45, 2.75) is 13.3 Å². The highest BCUT2D eigenvalue weighted by Crippen LogP contribution is 2.24. The summed E-state index contributed by atoms with van der Waals surface area (Å²) in [5.41, 5.74) is 4.39. The second-order valence-corrected chi connectivity index (χ2v) is 6.70. The topological polar surface area (TPSA) is 82.0 Å². The van der Waals surface area contributed by atoms with Crippen LogP contribution in [0.3, 0.4) is 0 Å². The second-order valence-electron chi connectivity index (χ2n) is 5.85. The van der Waals surface area contributed by atoms with Crippen molar-refractivity contribution >= 4 is 28.7 Å². The van der Waals surface area contributed by atoms with Gasteiger partial charge in [-0.2, -0.15) is 5.10 Å². The minimum atomic E-state index is -0.290. The lowest BCUT2D eigenvalue weighted by Crippen LogP contribution is -2.07. The van der Waals surface area contributed by atoms with E-state index in [0.717, 1.165) is 17.1 Å². The van der Waals surface area contributed by atoms with Crippen LogP contribution in [0.2, 0.25) is 0 Å². The lowest BCUT2D eigenvalue weighted by atomic mass is 10.2. The van der Waals surface area contributed by atoms with Crippen LogP contribution in [-0.2, 0) is 16.0 Å². The van der Waals surface area contributed by atoms with Crippen molar-refractivity contribution < 1.29 is 19.0 Å². The van der Waals surface area contributed by atoms with Crippen molar-refractivity contribution in [2.24, 2.45) is 5.10 Å². The number of nitrogens with one attached hydrogen (secondary N) is 1. The molecule has 29 heavy (non-hydrogen) atoms. The number of ether oxygens (including phenoxy) is 3. The number of benzene rings is 2. The van der Waals surface area contributed by atoms with Crippen LogP contribution >= 0.6 is 11.3 Å². The van der Waals surface area contributed by atoms with E-state index in [1.165, 1.54) is 11.3 Å². The Hall–Kier alpha value is -3.39. The summed E-state index contributed by atoms with van der Waals surface area (Å²) in [4.78, 5) is 15.8. The molecule has 0 unspecified atom stereocenters. The molecule has 0 aliphatic heterocycles. The summed E-state index contributed by atoms with van der Waals surface area (Å²) in [6.45, 7) is 2.14. The number of methoxy groups -OCH3 is 1. The van der Waals surface area contributed by atoms with Gasteiger partial charge in [-0.1, -0.05) is 12.1 Å². The highest BCUT2D eigenvalue weighted by Gasteiger charge is 2.07. The van der Waals surface area contributed by atoms with Gasteiger partial charge in [0.15, 0.2) is 0 Å². The van der Waals surface area contributed by atoms with E-state index in [-0.39, 0.29) is 12.4 Å². The Labute approximate surface area is 173 Å². The molecule has 0 saturated heterocycles. The molecule has 0 bridgehead atoms. The molecular weight excluding hydrogens is 390 g/mol. The zero-order valence-corrected chi connectivity index (χ0v) is 16.9. The average molecular weight is 411 g/mol. The van der Waals surface area contributed by atoms with Crippen LogP contribution in [0, 0.1) is 0 Å². The van der Waals surface area contributed by atoms with E-state index in [1.54, 1.807) is 25.6 Å². The Balaban J connectivity index is 1.56. The molecule has 0 aliphatic rings. The molecule has 1 N–H and O–H groups in total. The molecule has 0 amide bonds. The predicted octanol–water partition coefficient (Wildman–Crippen LogP) is 4.50. The standard InChI is InChI=1S/C21H21N3O4S/c1-3-27-20(25)12-16-14-29-21(23-16)24-22-13-15-5-4-6-19(11-15)28-18-9-7-17(26-2)8-10-18/h4-11,13-14H,3,12H2,1-2H3,(H,23,24). The van der Waals surface area contributed by atoms with E-state index >= 15 is 0 Å². The number of hydrogen-bond acceptors (Lipinski definition) is 8. The van der Waals surface area contributed by atoms with Gasteiger partial charge >= 0.3 is 5.97 Å². The third-order valence-electron chi connectivity index (χ3n) is 3.71. The maximum atomic E-state index is 11.5. The summed E-state index contributed by atoms with van der Waals surface area (Å²) < 4.78 is 15.9. The van der Waals surface area contributed by atoms with Crippen LogP contribution < -0.4 is 14.9 Å². The lowest BCUT2D eigenvalue weighted by Gasteiger charge is -2.07. The fourth-order valence-corrected chi connectivity index (χ4v) is 3.06. The molecule has 0 saturated carbocycles. The normalized spacial score (nSPS) is 10.7. The Morgan fingerprint density at radius 1 is 1.17 bits per heavy atom. The summed E-state index contributed by atoms with van der Waals surface area (Å²) >= 11 is 1.37. The largest absolute Gasteiger partial charge is 0.497 e. The summed E-state index contributed by atoms with van der Waals surface area (Å²) in [6, 6.07) is 14.9. The third-order valence-corrected chi connectivity index (χ3v) is 4.51. The fourth-order valence-electron chi connectivity index (χ4n) is 2.40. The van der Waals surface area contributed by atoms with Crippen molar-refractivity contribution in [3.63, 3.8) is 0 Å². The first-order chi connectivity index (χ1) is 14.2. The van der Waals surface area contributed by atoms with Crippen LogP contribution in [0.25, 0.3) is 0 Å². The molecule has 2 aromatic carbocycles. The van der Waals surface area contributed by atoms with Gasteiger partial charge in [0.2, 0.25) is 5.13 Å². The first-order valence-corrected chi connectivity index (χ1v) is 9.85. The van der Waals surface area contributed by atoms with Gasteiger partial charge < -0.3 is 14.2 Å². The number of carbonyl (C=O) groups is 1. The third kappa shape index (κ3) is 6.32. The summed E-state index contributed by atoms with van der Waals surface area (Å²) in [5, 5.41) is 6.60. The van der Waals surface area contributed by atoms with E-state index in [9.17, 15) is 4.79 Å². The Morgan fingerprint density at radius 2 is 1.97 bits per heavy atom. The minimum absolute atomic E-state index is 0.153. The Kier molecular flexibility index (Phi) is 7.18. The van der Waals surface area contributed by atoms with Gasteiger partial charge in [0.25, 0.3) is 0 Å². The molecule has 0 radical (unpaired) electrons. The maximum Gasteiger partial charge on any atom is 0.311 e. The van der Waals surface area contributed by atoms with E-state index in [0.29, 0.717) is 23.2 Å². The van der Waals surface area contributed by atoms with E-state index in [4.69, 9.17) is 14.2 Å². The van der Waals surface area contributed by atoms with E-state index in [1.807, 2.05) is 48.5 Å². The van der Waals surface area contributed by atoms with Crippen molar-refractivity contribution in [3.05, 3.63) is 65.2 Å². The first-order valence-electron chi connectivity index (χ1n) is 8.97. The van der Waals surface area contributed by atoms with Gasteiger partial charge in [0.1, 0.15) is 17.2 Å². The highest BCUT2D eigenvalue weighted by atomic mass is 32.1. The number of carbonyl (C=O) groups excluding carboxylic acids is 1. The maximum absolute atomic E-state index is 11.5. The van der Waals surface area contributed by atoms with Gasteiger partial charge in [0, 0.05) is 5.38 Å². The van der Waals surface area contributed by atoms with Gasteiger partial charge in [-0.25, -0.2) is 4.98 Å². The zero-order chi connectivity index (χ0) is 20.5. The summed E-state index contributed by atoms with van der Waals surface area (Å²) in [7, 11) is 1.62. The van der Waals surface area contributed by atoms with E-state index < -0.39 is 0 Å². The smallest absolute Gasteiger partial charge is 0.311 e. The SMILES string of the molecule is CCOC(=O)Cc1csc(NN=Cc2cccc(Oc3ccc(OC)cc3)c2)n1. The monoisotopic (exact) mass is 411 g/mol. The van der Waals surface area contributed by atoms with Gasteiger partial charge in [0.05, 0.1) is 32.0 Å². The zero-order valence-electron chi connectivity index (χ0n) is 16.1. The second kappa shape index (κ2) is 10.2. The van der Waals surface area contributed by atoms with Crippen molar-refractivity contribution in [1.29, 1.82) is 0 Å². The Bertz CT molecular complexity index is 970. The number of esters is 1. The van der Waals surface area contributed by atoms with Crippen LogP contribution in [0.1, 0.15) is 18.2 Å². The number of rotatable bonds is 9. The molecule has 0 atom stereocenters. The van der Waals surface area contributed by atoms with Crippen molar-refractivity contribution in [1.82, 2.24) is 4.98 Å². The van der Waals surface area contributed by atoms with Gasteiger partial charge in [-0.3, -0.25) is 10.2 Å². The van der Waals surface area contributed by atoms with Crippen molar-refractivity contribution in [3.8, 4) is 17.2 Å². The van der Waals surface area contributed by atoms with Gasteiger partial charge in [-0.05, 0) is 48.9 Å². The predicted molar refractivity (Wildman–Crippen MR) is 113 cm³/mol. The number of aromatic nitrogens is 1. The summed E-state index contributed by atoms with van der Waals surface area (Å²) in [5.74, 6) is 1.90. The number of thiazole rings is 1. The fraction of sp³-hybridized carbons (Fsp3) is 0.190. The molecule has 150 valence electrons. The van der Waals surface area contributed by atoms with Crippen LogP contribution in [0.5, 0.6) is 17.2 Å². The molecule has 3 rings (SSSR count). The molecule has 0 aliphatic carbocycles. The number of nitrogens with zero attached hydrogens (tertiary/aromatic N) is 2. The number of anilines is 1. The van der Waals surface area contributed by atoms with E-state index in [2.05, 4.69) is 15.5 Å².